The third-order valence-electron chi connectivity index (χ3n) is 4.12. The second-order valence-electron chi connectivity index (χ2n) is 6.45. The summed E-state index contributed by atoms with van der Waals surface area (Å²) in [5, 5.41) is 8.25. The van der Waals surface area contributed by atoms with Crippen LogP contribution in [0, 0.1) is 6.92 Å². The van der Waals surface area contributed by atoms with Gasteiger partial charge >= 0.3 is 0 Å². The van der Waals surface area contributed by atoms with Crippen molar-refractivity contribution in [2.75, 3.05) is 4.90 Å². The number of nitrogens with zero attached hydrogens (tertiary/aromatic N) is 3. The van der Waals surface area contributed by atoms with E-state index in [2.05, 4.69) is 10.4 Å². The van der Waals surface area contributed by atoms with Gasteiger partial charge in [-0.2, -0.15) is 5.01 Å². The molecule has 0 unspecified atom stereocenters. The number of hydrogen-bond donors (Lipinski definition) is 1. The van der Waals surface area contributed by atoms with Gasteiger partial charge in [-0.05, 0) is 38.6 Å². The Hall–Kier alpha value is -2.35. The molecule has 0 saturated carbocycles. The van der Waals surface area contributed by atoms with Crippen molar-refractivity contribution in [3.05, 3.63) is 29.3 Å². The summed E-state index contributed by atoms with van der Waals surface area (Å²) in [5.41, 5.74) is 2.47. The molecule has 2 aliphatic rings. The number of amidine groups is 1. The van der Waals surface area contributed by atoms with Crippen molar-refractivity contribution < 1.29 is 14.4 Å². The number of carbonyl (C=O) groups excluding carboxylic acids is 3. The fourth-order valence-corrected chi connectivity index (χ4v) is 4.51. The third kappa shape index (κ3) is 2.52. The van der Waals surface area contributed by atoms with E-state index in [1.807, 2.05) is 39.0 Å². The molecule has 0 radical (unpaired) electrons. The van der Waals surface area contributed by atoms with Gasteiger partial charge in [0.15, 0.2) is 5.17 Å². The molecule has 1 N–H and O–H groups in total. The van der Waals surface area contributed by atoms with E-state index in [-0.39, 0.29) is 28.9 Å². The molecule has 1 aromatic rings. The molecule has 3 amide bonds. The molecule has 1 atom stereocenters. The molecule has 25 heavy (non-hydrogen) atoms. The predicted octanol–water partition coefficient (Wildman–Crippen LogP) is 1.91. The molecular weight excluding hydrogens is 340 g/mol. The molecule has 0 aliphatic carbocycles. The first kappa shape index (κ1) is 17.5. The molecule has 1 spiro atoms. The monoisotopic (exact) mass is 360 g/mol. The van der Waals surface area contributed by atoms with Crippen molar-refractivity contribution in [3.8, 4) is 0 Å². The molecule has 0 fully saturated rings. The molecule has 8 heteroatoms. The van der Waals surface area contributed by atoms with Gasteiger partial charge < -0.3 is 10.2 Å². The van der Waals surface area contributed by atoms with Gasteiger partial charge in [-0.15, -0.1) is 5.10 Å². The van der Waals surface area contributed by atoms with E-state index >= 15 is 0 Å². The van der Waals surface area contributed by atoms with Crippen molar-refractivity contribution in [2.45, 2.75) is 45.5 Å². The van der Waals surface area contributed by atoms with Crippen molar-refractivity contribution >= 4 is 40.3 Å². The summed E-state index contributed by atoms with van der Waals surface area (Å²) in [7, 11) is 0. The number of aryl methyl sites for hydroxylation is 1. The summed E-state index contributed by atoms with van der Waals surface area (Å²) in [6, 6.07) is 5.66. The van der Waals surface area contributed by atoms with Crippen LogP contribution in [-0.2, 0) is 19.3 Å². The first-order chi connectivity index (χ1) is 11.7. The average molecular weight is 360 g/mol. The van der Waals surface area contributed by atoms with Crippen LogP contribution in [0.5, 0.6) is 0 Å². The Kier molecular flexibility index (Phi) is 4.10. The number of amides is 3. The van der Waals surface area contributed by atoms with Crippen LogP contribution in [0.15, 0.2) is 23.3 Å². The summed E-state index contributed by atoms with van der Waals surface area (Å²) < 4.78 is 0. The fraction of sp³-hybridized carbons (Fsp3) is 0.412. The normalized spacial score (nSPS) is 21.8. The van der Waals surface area contributed by atoms with Crippen LogP contribution >= 0.6 is 11.8 Å². The van der Waals surface area contributed by atoms with Crippen LogP contribution in [-0.4, -0.2) is 33.9 Å². The van der Waals surface area contributed by atoms with Crippen LogP contribution in [0.2, 0.25) is 0 Å². The second-order valence-corrected chi connectivity index (χ2v) is 7.63. The minimum atomic E-state index is -1.31. The molecule has 0 aromatic heterocycles. The van der Waals surface area contributed by atoms with Crippen LogP contribution in [0.3, 0.4) is 0 Å². The second kappa shape index (κ2) is 5.87. The third-order valence-corrected chi connectivity index (χ3v) is 5.36. The van der Waals surface area contributed by atoms with Crippen molar-refractivity contribution in [1.29, 1.82) is 0 Å². The van der Waals surface area contributed by atoms with Gasteiger partial charge in [0.05, 0.1) is 5.69 Å². The summed E-state index contributed by atoms with van der Waals surface area (Å²) in [6.45, 7) is 8.51. The van der Waals surface area contributed by atoms with Crippen molar-refractivity contribution in [2.24, 2.45) is 5.10 Å². The zero-order valence-corrected chi connectivity index (χ0v) is 15.6. The highest BCUT2D eigenvalue weighted by Gasteiger charge is 2.61. The number of carbonyl (C=O) groups is 3. The lowest BCUT2D eigenvalue weighted by molar-refractivity contribution is -0.139. The maximum absolute atomic E-state index is 13.4. The number of rotatable bonds is 1. The maximum atomic E-state index is 13.4. The Morgan fingerprint density at radius 2 is 1.96 bits per heavy atom. The summed E-state index contributed by atoms with van der Waals surface area (Å²) in [5.74, 6) is -0.894. The Morgan fingerprint density at radius 1 is 1.28 bits per heavy atom. The number of hydrazone groups is 1. The predicted molar refractivity (Wildman–Crippen MR) is 96.8 cm³/mol. The van der Waals surface area contributed by atoms with Crippen LogP contribution in [0.4, 0.5) is 5.69 Å². The maximum Gasteiger partial charge on any atom is 0.271 e. The minimum absolute atomic E-state index is 0.0763. The Labute approximate surface area is 150 Å². The SMILES string of the molecule is CC(=O)NC1=NN(C(C)=O)[C@@]2(S1)C(=O)N(C(C)C)c1ccc(C)cc12. The Bertz CT molecular complexity index is 820. The Balaban J connectivity index is 2.21. The highest BCUT2D eigenvalue weighted by Crippen LogP contribution is 2.55. The van der Waals surface area contributed by atoms with Crippen molar-refractivity contribution in [1.82, 2.24) is 10.3 Å². The fourth-order valence-electron chi connectivity index (χ4n) is 3.19. The number of anilines is 1. The summed E-state index contributed by atoms with van der Waals surface area (Å²) in [6.07, 6.45) is 0. The number of fused-ring (bicyclic) bond motifs is 2. The van der Waals surface area contributed by atoms with Crippen LogP contribution in [0.25, 0.3) is 0 Å². The zero-order valence-electron chi connectivity index (χ0n) is 14.8. The van der Waals surface area contributed by atoms with Gasteiger partial charge in [0.25, 0.3) is 5.91 Å². The van der Waals surface area contributed by atoms with E-state index in [0.29, 0.717) is 0 Å². The van der Waals surface area contributed by atoms with E-state index in [1.54, 1.807) is 4.90 Å². The Morgan fingerprint density at radius 3 is 2.52 bits per heavy atom. The van der Waals surface area contributed by atoms with E-state index in [1.165, 1.54) is 18.9 Å². The number of benzene rings is 1. The first-order valence-electron chi connectivity index (χ1n) is 7.99. The zero-order chi connectivity index (χ0) is 18.5. The molecule has 7 nitrogen and oxygen atoms in total. The standard InChI is InChI=1S/C17H20N4O3S/c1-9(2)20-14-7-6-10(3)8-13(14)17(15(20)24)21(12(5)23)19-16(25-17)18-11(4)22/h6-9H,1-5H3,(H,18,19,22)/t17-/m0/s1. The minimum Gasteiger partial charge on any atom is -0.306 e. The van der Waals surface area contributed by atoms with Gasteiger partial charge in [0.2, 0.25) is 16.7 Å². The smallest absolute Gasteiger partial charge is 0.271 e. The van der Waals surface area contributed by atoms with E-state index in [9.17, 15) is 14.4 Å². The molecule has 0 bridgehead atoms. The lowest BCUT2D eigenvalue weighted by Crippen LogP contribution is -2.50. The first-order valence-corrected chi connectivity index (χ1v) is 8.81. The largest absolute Gasteiger partial charge is 0.306 e. The molecule has 2 aliphatic heterocycles. The number of thioether (sulfide) groups is 1. The topological polar surface area (TPSA) is 82.1 Å². The van der Waals surface area contributed by atoms with Crippen LogP contribution < -0.4 is 10.2 Å². The van der Waals surface area contributed by atoms with Gasteiger partial charge in [-0.25, -0.2) is 0 Å². The molecule has 132 valence electrons. The van der Waals surface area contributed by atoms with Crippen molar-refractivity contribution in [3.63, 3.8) is 0 Å². The molecule has 1 aromatic carbocycles. The molecular formula is C17H20N4O3S. The quantitative estimate of drug-likeness (QED) is 0.829. The van der Waals surface area contributed by atoms with Crippen LogP contribution in [0.1, 0.15) is 38.8 Å². The van der Waals surface area contributed by atoms with Gasteiger partial charge in [0.1, 0.15) is 0 Å². The molecule has 0 saturated heterocycles. The highest BCUT2D eigenvalue weighted by molar-refractivity contribution is 8.15. The average Bonchev–Trinajstić information content (AvgIpc) is 2.98. The van der Waals surface area contributed by atoms with E-state index in [4.69, 9.17) is 0 Å². The lowest BCUT2D eigenvalue weighted by Gasteiger charge is -2.30. The highest BCUT2D eigenvalue weighted by atomic mass is 32.2. The summed E-state index contributed by atoms with van der Waals surface area (Å²) in [4.78, 5) is 37.5. The van der Waals surface area contributed by atoms with E-state index in [0.717, 1.165) is 28.6 Å². The van der Waals surface area contributed by atoms with E-state index < -0.39 is 4.87 Å². The number of hydrogen-bond acceptors (Lipinski definition) is 5. The van der Waals surface area contributed by atoms with Gasteiger partial charge in [-0.1, -0.05) is 17.7 Å². The molecule has 3 rings (SSSR count). The van der Waals surface area contributed by atoms with Gasteiger partial charge in [-0.3, -0.25) is 14.4 Å². The lowest BCUT2D eigenvalue weighted by atomic mass is 10.0. The number of nitrogens with one attached hydrogen (secondary N) is 1. The van der Waals surface area contributed by atoms with Gasteiger partial charge in [0, 0.05) is 25.5 Å². The molecule has 2 heterocycles. The summed E-state index contributed by atoms with van der Waals surface area (Å²) >= 11 is 1.10.